The molecule has 1 heterocycles. The first-order valence-corrected chi connectivity index (χ1v) is 8.62. The Morgan fingerprint density at radius 3 is 1.92 bits per heavy atom. The number of rotatable bonds is 4. The molecule has 3 heteroatoms. The SMILES string of the molecule is c1ccc(CNC2=N[C@@H](c3ccccc3)[C@@H](c3ccccc3)N2)cc1. The van der Waals surface area contributed by atoms with Gasteiger partial charge in [-0.25, -0.2) is 4.99 Å². The Balaban J connectivity index is 1.57. The molecule has 4 rings (SSSR count). The molecule has 0 bridgehead atoms. The van der Waals surface area contributed by atoms with Crippen LogP contribution in [0.2, 0.25) is 0 Å². The van der Waals surface area contributed by atoms with Crippen molar-refractivity contribution in [3.63, 3.8) is 0 Å². The molecule has 2 N–H and O–H groups in total. The highest BCUT2D eigenvalue weighted by molar-refractivity contribution is 5.82. The van der Waals surface area contributed by atoms with E-state index in [0.29, 0.717) is 0 Å². The fourth-order valence-electron chi connectivity index (χ4n) is 3.20. The van der Waals surface area contributed by atoms with Crippen molar-refractivity contribution in [1.29, 1.82) is 0 Å². The molecule has 124 valence electrons. The molecular weight excluding hydrogens is 306 g/mol. The van der Waals surface area contributed by atoms with Gasteiger partial charge in [-0.1, -0.05) is 91.0 Å². The molecule has 3 nitrogen and oxygen atoms in total. The van der Waals surface area contributed by atoms with Gasteiger partial charge in [0.1, 0.15) is 6.04 Å². The fraction of sp³-hybridized carbons (Fsp3) is 0.136. The first-order valence-electron chi connectivity index (χ1n) is 8.62. The maximum atomic E-state index is 4.93. The first kappa shape index (κ1) is 15.5. The van der Waals surface area contributed by atoms with Gasteiger partial charge in [0.2, 0.25) is 0 Å². The third-order valence-corrected chi connectivity index (χ3v) is 4.48. The quantitative estimate of drug-likeness (QED) is 0.753. The van der Waals surface area contributed by atoms with Crippen LogP contribution < -0.4 is 10.6 Å². The minimum Gasteiger partial charge on any atom is -0.352 e. The van der Waals surface area contributed by atoms with Gasteiger partial charge in [-0.15, -0.1) is 0 Å². The van der Waals surface area contributed by atoms with Crippen LogP contribution in [0.25, 0.3) is 0 Å². The van der Waals surface area contributed by atoms with Crippen LogP contribution in [0.4, 0.5) is 0 Å². The monoisotopic (exact) mass is 327 g/mol. The van der Waals surface area contributed by atoms with E-state index < -0.39 is 0 Å². The van der Waals surface area contributed by atoms with Crippen molar-refractivity contribution in [1.82, 2.24) is 10.6 Å². The summed E-state index contributed by atoms with van der Waals surface area (Å²) in [5.41, 5.74) is 3.71. The van der Waals surface area contributed by atoms with Crippen LogP contribution in [0.15, 0.2) is 96.0 Å². The third-order valence-electron chi connectivity index (χ3n) is 4.48. The second kappa shape index (κ2) is 7.22. The Labute approximate surface area is 148 Å². The Morgan fingerprint density at radius 1 is 0.720 bits per heavy atom. The van der Waals surface area contributed by atoms with E-state index in [0.717, 1.165) is 12.5 Å². The maximum Gasteiger partial charge on any atom is 0.192 e. The highest BCUT2D eigenvalue weighted by Gasteiger charge is 2.30. The summed E-state index contributed by atoms with van der Waals surface area (Å²) in [6, 6.07) is 31.6. The Morgan fingerprint density at radius 2 is 1.28 bits per heavy atom. The first-order chi connectivity index (χ1) is 12.4. The topological polar surface area (TPSA) is 36.4 Å². The van der Waals surface area contributed by atoms with Crippen LogP contribution in [0.5, 0.6) is 0 Å². The number of nitrogens with zero attached hydrogens (tertiary/aromatic N) is 1. The van der Waals surface area contributed by atoms with E-state index >= 15 is 0 Å². The summed E-state index contributed by atoms with van der Waals surface area (Å²) < 4.78 is 0. The minimum absolute atomic E-state index is 0.0712. The molecule has 0 aromatic heterocycles. The van der Waals surface area contributed by atoms with Crippen molar-refractivity contribution in [2.75, 3.05) is 0 Å². The van der Waals surface area contributed by atoms with Crippen molar-refractivity contribution in [2.45, 2.75) is 18.6 Å². The van der Waals surface area contributed by atoms with E-state index in [4.69, 9.17) is 4.99 Å². The van der Waals surface area contributed by atoms with Crippen molar-refractivity contribution in [2.24, 2.45) is 4.99 Å². The van der Waals surface area contributed by atoms with Crippen molar-refractivity contribution in [3.8, 4) is 0 Å². The standard InChI is InChI=1S/C22H21N3/c1-4-10-17(11-5-1)16-23-22-24-20(18-12-6-2-7-13-18)21(25-22)19-14-8-3-9-15-19/h1-15,20-21H,16H2,(H2,23,24,25)/t20-,21+. The largest absolute Gasteiger partial charge is 0.352 e. The van der Waals surface area contributed by atoms with Gasteiger partial charge in [0.25, 0.3) is 0 Å². The van der Waals surface area contributed by atoms with Crippen molar-refractivity contribution < 1.29 is 0 Å². The molecule has 2 atom stereocenters. The lowest BCUT2D eigenvalue weighted by Crippen LogP contribution is -2.35. The van der Waals surface area contributed by atoms with Gasteiger partial charge in [-0.05, 0) is 16.7 Å². The van der Waals surface area contributed by atoms with E-state index in [1.165, 1.54) is 16.7 Å². The number of aliphatic imine (C=N–C) groups is 1. The average molecular weight is 327 g/mol. The molecule has 0 saturated heterocycles. The van der Waals surface area contributed by atoms with Gasteiger partial charge in [-0.3, -0.25) is 0 Å². The molecule has 0 spiro atoms. The lowest BCUT2D eigenvalue weighted by Gasteiger charge is -2.19. The summed E-state index contributed by atoms with van der Waals surface area (Å²) >= 11 is 0. The molecule has 0 fully saturated rings. The van der Waals surface area contributed by atoms with E-state index in [2.05, 4.69) is 83.4 Å². The van der Waals surface area contributed by atoms with Crippen LogP contribution in [-0.4, -0.2) is 5.96 Å². The molecule has 0 aliphatic carbocycles. The Bertz CT molecular complexity index is 829. The molecule has 1 aliphatic heterocycles. The van der Waals surface area contributed by atoms with Crippen LogP contribution in [0.1, 0.15) is 28.8 Å². The van der Waals surface area contributed by atoms with Crippen LogP contribution in [-0.2, 0) is 6.54 Å². The molecule has 0 radical (unpaired) electrons. The Kier molecular flexibility index (Phi) is 4.46. The van der Waals surface area contributed by atoms with E-state index in [1.54, 1.807) is 0 Å². The zero-order chi connectivity index (χ0) is 16.9. The second-order valence-corrected chi connectivity index (χ2v) is 6.21. The lowest BCUT2D eigenvalue weighted by atomic mass is 9.95. The third kappa shape index (κ3) is 3.56. The van der Waals surface area contributed by atoms with Crippen LogP contribution in [0, 0.1) is 0 Å². The molecule has 0 unspecified atom stereocenters. The molecular formula is C22H21N3. The molecule has 0 saturated carbocycles. The lowest BCUT2D eigenvalue weighted by molar-refractivity contribution is 0.570. The predicted octanol–water partition coefficient (Wildman–Crippen LogP) is 4.22. The highest BCUT2D eigenvalue weighted by Crippen LogP contribution is 2.35. The molecule has 1 aliphatic rings. The number of hydrogen-bond donors (Lipinski definition) is 2. The van der Waals surface area contributed by atoms with E-state index in [-0.39, 0.29) is 12.1 Å². The summed E-state index contributed by atoms with van der Waals surface area (Å²) in [6.45, 7) is 0.760. The number of hydrogen-bond acceptors (Lipinski definition) is 3. The van der Waals surface area contributed by atoms with Gasteiger partial charge in [0.15, 0.2) is 5.96 Å². The molecule has 3 aromatic rings. The fourth-order valence-corrected chi connectivity index (χ4v) is 3.20. The summed E-state index contributed by atoms with van der Waals surface area (Å²) in [6.07, 6.45) is 0. The second-order valence-electron chi connectivity index (χ2n) is 6.21. The van der Waals surface area contributed by atoms with Crippen LogP contribution in [0.3, 0.4) is 0 Å². The summed E-state index contributed by atoms with van der Waals surface area (Å²) in [5, 5.41) is 7.00. The van der Waals surface area contributed by atoms with Gasteiger partial charge in [-0.2, -0.15) is 0 Å². The number of benzene rings is 3. The van der Waals surface area contributed by atoms with Gasteiger partial charge >= 0.3 is 0 Å². The summed E-state index contributed by atoms with van der Waals surface area (Å²) in [4.78, 5) is 4.93. The van der Waals surface area contributed by atoms with Gasteiger partial charge in [0, 0.05) is 6.54 Å². The van der Waals surface area contributed by atoms with Crippen molar-refractivity contribution in [3.05, 3.63) is 108 Å². The molecule has 3 aromatic carbocycles. The summed E-state index contributed by atoms with van der Waals surface area (Å²) in [7, 11) is 0. The number of nitrogens with one attached hydrogen (secondary N) is 2. The summed E-state index contributed by atoms with van der Waals surface area (Å²) in [5.74, 6) is 0.853. The van der Waals surface area contributed by atoms with Crippen LogP contribution >= 0.6 is 0 Å². The number of guanidine groups is 1. The van der Waals surface area contributed by atoms with Crippen molar-refractivity contribution >= 4 is 5.96 Å². The van der Waals surface area contributed by atoms with E-state index in [1.807, 2.05) is 18.2 Å². The van der Waals surface area contributed by atoms with Gasteiger partial charge in [0.05, 0.1) is 6.04 Å². The van der Waals surface area contributed by atoms with Gasteiger partial charge < -0.3 is 10.6 Å². The van der Waals surface area contributed by atoms with E-state index in [9.17, 15) is 0 Å². The molecule has 0 amide bonds. The minimum atomic E-state index is 0.0712. The Hall–Kier alpha value is -3.07. The zero-order valence-corrected chi connectivity index (χ0v) is 14.0. The molecule has 25 heavy (non-hydrogen) atoms. The maximum absolute atomic E-state index is 4.93. The zero-order valence-electron chi connectivity index (χ0n) is 14.0. The normalized spacial score (nSPS) is 19.1. The average Bonchev–Trinajstić information content (AvgIpc) is 3.13. The highest BCUT2D eigenvalue weighted by atomic mass is 15.3. The smallest absolute Gasteiger partial charge is 0.192 e. The predicted molar refractivity (Wildman–Crippen MR) is 102 cm³/mol.